The molecule has 1 amide bonds. The number of carboxylic acids is 1. The Balaban J connectivity index is 2.42. The van der Waals surface area contributed by atoms with Gasteiger partial charge in [-0.15, -0.1) is 0 Å². The van der Waals surface area contributed by atoms with Crippen LogP contribution in [0.1, 0.15) is 16.8 Å². The molecule has 17 heavy (non-hydrogen) atoms. The maximum absolute atomic E-state index is 11.5. The van der Waals surface area contributed by atoms with Crippen LogP contribution in [0.15, 0.2) is 22.7 Å². The summed E-state index contributed by atoms with van der Waals surface area (Å²) in [4.78, 5) is 34.8. The number of rotatable bonds is 2. The molecule has 5 nitrogen and oxygen atoms in total. The molecule has 0 unspecified atom stereocenters. The largest absolute Gasteiger partial charge is 0.478 e. The van der Waals surface area contributed by atoms with Crippen molar-refractivity contribution in [1.29, 1.82) is 0 Å². The highest BCUT2D eigenvalue weighted by Gasteiger charge is 2.29. The van der Waals surface area contributed by atoms with Crippen molar-refractivity contribution < 1.29 is 19.5 Å². The second-order valence-electron chi connectivity index (χ2n) is 3.70. The van der Waals surface area contributed by atoms with E-state index in [9.17, 15) is 14.4 Å². The Morgan fingerprint density at radius 3 is 2.53 bits per heavy atom. The predicted octanol–water partition coefficient (Wildman–Crippen LogP) is 1.45. The average Bonchev–Trinajstić information content (AvgIpc) is 2.57. The molecule has 1 aromatic rings. The second kappa shape index (κ2) is 4.29. The van der Waals surface area contributed by atoms with E-state index in [0.29, 0.717) is 10.2 Å². The number of carbonyl (C=O) groups is 3. The predicted molar refractivity (Wildman–Crippen MR) is 63.1 cm³/mol. The van der Waals surface area contributed by atoms with Crippen molar-refractivity contribution in [2.75, 3.05) is 11.4 Å². The number of nitrogens with zero attached hydrogens (tertiary/aromatic N) is 1. The van der Waals surface area contributed by atoms with Gasteiger partial charge in [0, 0.05) is 10.2 Å². The summed E-state index contributed by atoms with van der Waals surface area (Å²) >= 11 is 3.18. The van der Waals surface area contributed by atoms with Crippen molar-refractivity contribution in [3.8, 4) is 0 Å². The molecule has 1 aromatic carbocycles. The van der Waals surface area contributed by atoms with Gasteiger partial charge in [0.2, 0.25) is 5.91 Å². The Hall–Kier alpha value is -1.69. The Morgan fingerprint density at radius 1 is 1.29 bits per heavy atom. The lowest BCUT2D eigenvalue weighted by Gasteiger charge is -2.15. The minimum absolute atomic E-state index is 0.00828. The molecule has 1 aliphatic heterocycles. The molecule has 0 spiro atoms. The fraction of sp³-hybridized carbons (Fsp3) is 0.182. The average molecular weight is 298 g/mol. The van der Waals surface area contributed by atoms with Gasteiger partial charge in [0.05, 0.1) is 18.5 Å². The minimum Gasteiger partial charge on any atom is -0.478 e. The van der Waals surface area contributed by atoms with Crippen LogP contribution in [0.4, 0.5) is 5.69 Å². The van der Waals surface area contributed by atoms with Gasteiger partial charge in [0.1, 0.15) is 0 Å². The number of ketones is 1. The van der Waals surface area contributed by atoms with E-state index in [1.165, 1.54) is 17.0 Å². The second-order valence-corrected chi connectivity index (χ2v) is 4.61. The molecular formula is C11H8BrNO4. The molecule has 1 fully saturated rings. The summed E-state index contributed by atoms with van der Waals surface area (Å²) < 4.78 is 0.555. The van der Waals surface area contributed by atoms with Crippen LogP contribution >= 0.6 is 15.9 Å². The van der Waals surface area contributed by atoms with Gasteiger partial charge in [0.15, 0.2) is 5.78 Å². The van der Waals surface area contributed by atoms with E-state index in [2.05, 4.69) is 15.9 Å². The first-order valence-electron chi connectivity index (χ1n) is 4.83. The molecule has 0 aliphatic carbocycles. The fourth-order valence-electron chi connectivity index (χ4n) is 1.67. The highest BCUT2D eigenvalue weighted by molar-refractivity contribution is 9.10. The Kier molecular flexibility index (Phi) is 2.97. The summed E-state index contributed by atoms with van der Waals surface area (Å²) in [5.74, 6) is -1.54. The first-order valence-corrected chi connectivity index (χ1v) is 5.62. The molecule has 0 atom stereocenters. The first kappa shape index (κ1) is 11.8. The highest BCUT2D eigenvalue weighted by atomic mass is 79.9. The van der Waals surface area contributed by atoms with E-state index in [-0.39, 0.29) is 30.2 Å². The van der Waals surface area contributed by atoms with Crippen LogP contribution in [0, 0.1) is 0 Å². The normalized spacial score (nSPS) is 15.5. The third-order valence-electron chi connectivity index (χ3n) is 2.43. The number of hydrogen-bond donors (Lipinski definition) is 1. The van der Waals surface area contributed by atoms with Crippen LogP contribution in [0.3, 0.4) is 0 Å². The number of anilines is 1. The quantitative estimate of drug-likeness (QED) is 0.839. The molecule has 0 saturated carbocycles. The molecular weight excluding hydrogens is 290 g/mol. The smallest absolute Gasteiger partial charge is 0.335 e. The zero-order chi connectivity index (χ0) is 12.6. The molecule has 1 aliphatic rings. The van der Waals surface area contributed by atoms with Gasteiger partial charge in [-0.1, -0.05) is 15.9 Å². The third kappa shape index (κ3) is 2.36. The topological polar surface area (TPSA) is 74.7 Å². The molecule has 0 radical (unpaired) electrons. The molecule has 1 heterocycles. The Labute approximate surface area is 105 Å². The monoisotopic (exact) mass is 297 g/mol. The van der Waals surface area contributed by atoms with Crippen molar-refractivity contribution in [2.24, 2.45) is 0 Å². The van der Waals surface area contributed by atoms with Gasteiger partial charge >= 0.3 is 5.97 Å². The maximum atomic E-state index is 11.5. The van der Waals surface area contributed by atoms with Crippen LogP contribution in [-0.2, 0) is 9.59 Å². The summed E-state index contributed by atoms with van der Waals surface area (Å²) in [6.45, 7) is 0.00828. The number of carboxylic acid groups (broad SMARTS) is 1. The van der Waals surface area contributed by atoms with Crippen LogP contribution in [-0.4, -0.2) is 29.3 Å². The van der Waals surface area contributed by atoms with Crippen molar-refractivity contribution in [3.05, 3.63) is 28.2 Å². The summed E-state index contributed by atoms with van der Waals surface area (Å²) in [6, 6.07) is 4.43. The molecule has 1 saturated heterocycles. The third-order valence-corrected chi connectivity index (χ3v) is 2.88. The lowest BCUT2D eigenvalue weighted by Crippen LogP contribution is -2.24. The number of halogens is 1. The number of amides is 1. The Morgan fingerprint density at radius 2 is 2.00 bits per heavy atom. The molecule has 2 rings (SSSR count). The summed E-state index contributed by atoms with van der Waals surface area (Å²) in [6.07, 6.45) is -0.116. The minimum atomic E-state index is -1.08. The summed E-state index contributed by atoms with van der Waals surface area (Å²) in [7, 11) is 0. The summed E-state index contributed by atoms with van der Waals surface area (Å²) in [5.41, 5.74) is 0.495. The zero-order valence-corrected chi connectivity index (χ0v) is 10.2. The van der Waals surface area contributed by atoms with Crippen LogP contribution in [0.2, 0.25) is 0 Å². The van der Waals surface area contributed by atoms with Crippen LogP contribution in [0.5, 0.6) is 0 Å². The zero-order valence-electron chi connectivity index (χ0n) is 8.64. The van der Waals surface area contributed by atoms with E-state index in [4.69, 9.17) is 5.11 Å². The van der Waals surface area contributed by atoms with Crippen molar-refractivity contribution in [1.82, 2.24) is 0 Å². The van der Waals surface area contributed by atoms with Crippen LogP contribution < -0.4 is 4.90 Å². The highest BCUT2D eigenvalue weighted by Crippen LogP contribution is 2.25. The lowest BCUT2D eigenvalue weighted by atomic mass is 10.2. The molecule has 88 valence electrons. The molecule has 1 N–H and O–H groups in total. The molecule has 0 aromatic heterocycles. The van der Waals surface area contributed by atoms with E-state index in [1.54, 1.807) is 6.07 Å². The SMILES string of the molecule is O=C1CC(=O)N(c2cc(Br)cc(C(=O)O)c2)C1. The fourth-order valence-corrected chi connectivity index (χ4v) is 2.15. The lowest BCUT2D eigenvalue weighted by molar-refractivity contribution is -0.121. The van der Waals surface area contributed by atoms with Gasteiger partial charge in [-0.2, -0.15) is 0 Å². The Bertz CT molecular complexity index is 526. The number of carbonyl (C=O) groups excluding carboxylic acids is 2. The maximum Gasteiger partial charge on any atom is 0.335 e. The van der Waals surface area contributed by atoms with Crippen LogP contribution in [0.25, 0.3) is 0 Å². The van der Waals surface area contributed by atoms with E-state index in [1.807, 2.05) is 0 Å². The standard InChI is InChI=1S/C11H8BrNO4/c12-7-1-6(11(16)17)2-8(3-7)13-5-9(14)4-10(13)15/h1-3H,4-5H2,(H,16,17). The van der Waals surface area contributed by atoms with Gasteiger partial charge in [-0.05, 0) is 18.2 Å². The van der Waals surface area contributed by atoms with E-state index < -0.39 is 5.97 Å². The van der Waals surface area contributed by atoms with Crippen molar-refractivity contribution >= 4 is 39.3 Å². The van der Waals surface area contributed by atoms with Crippen molar-refractivity contribution in [3.63, 3.8) is 0 Å². The molecule has 0 bridgehead atoms. The van der Waals surface area contributed by atoms with Gasteiger partial charge < -0.3 is 10.0 Å². The number of Topliss-reactive ketones (excluding diaryl/α,β-unsaturated/α-hetero) is 1. The number of hydrogen-bond acceptors (Lipinski definition) is 3. The summed E-state index contributed by atoms with van der Waals surface area (Å²) in [5, 5.41) is 8.90. The van der Waals surface area contributed by atoms with E-state index in [0.717, 1.165) is 0 Å². The number of aromatic carboxylic acids is 1. The van der Waals surface area contributed by atoms with Crippen molar-refractivity contribution in [2.45, 2.75) is 6.42 Å². The first-order chi connectivity index (χ1) is 7.97. The molecule has 6 heteroatoms. The van der Waals surface area contributed by atoms with Gasteiger partial charge in [0.25, 0.3) is 0 Å². The van der Waals surface area contributed by atoms with E-state index >= 15 is 0 Å². The van der Waals surface area contributed by atoms with Gasteiger partial charge in [-0.3, -0.25) is 9.59 Å². The number of benzene rings is 1. The van der Waals surface area contributed by atoms with Gasteiger partial charge in [-0.25, -0.2) is 4.79 Å².